The summed E-state index contributed by atoms with van der Waals surface area (Å²) in [5.74, 6) is 1.58. The first-order valence-corrected chi connectivity index (χ1v) is 8.78. The lowest BCUT2D eigenvalue weighted by molar-refractivity contribution is 0.179. The van der Waals surface area contributed by atoms with Crippen molar-refractivity contribution in [1.29, 1.82) is 0 Å². The van der Waals surface area contributed by atoms with Crippen LogP contribution in [0.1, 0.15) is 52.4 Å². The fourth-order valence-corrected chi connectivity index (χ4v) is 3.44. The van der Waals surface area contributed by atoms with E-state index >= 15 is 0 Å². The van der Waals surface area contributed by atoms with Crippen molar-refractivity contribution in [2.24, 2.45) is 11.8 Å². The lowest BCUT2D eigenvalue weighted by atomic mass is 10.1. The number of ether oxygens (including phenoxy) is 1. The first kappa shape index (κ1) is 16.3. The smallest absolute Gasteiger partial charge is 0.0507 e. The van der Waals surface area contributed by atoms with Gasteiger partial charge in [-0.05, 0) is 44.1 Å². The third-order valence-electron chi connectivity index (χ3n) is 4.87. The van der Waals surface area contributed by atoms with Crippen LogP contribution in [-0.4, -0.2) is 50.3 Å². The van der Waals surface area contributed by atoms with E-state index in [0.29, 0.717) is 0 Å². The van der Waals surface area contributed by atoms with Gasteiger partial charge in [0, 0.05) is 32.3 Å². The lowest BCUT2D eigenvalue weighted by Gasteiger charge is -2.29. The molecule has 20 heavy (non-hydrogen) atoms. The average Bonchev–Trinajstić information content (AvgIpc) is 3.10. The van der Waals surface area contributed by atoms with Crippen LogP contribution in [0.2, 0.25) is 0 Å². The van der Waals surface area contributed by atoms with E-state index in [2.05, 4.69) is 24.1 Å². The minimum absolute atomic E-state index is 0.755. The first-order valence-electron chi connectivity index (χ1n) is 8.78. The second kappa shape index (κ2) is 9.01. The largest absolute Gasteiger partial charge is 0.381 e. The van der Waals surface area contributed by atoms with Crippen LogP contribution >= 0.6 is 0 Å². The summed E-state index contributed by atoms with van der Waals surface area (Å²) >= 11 is 0. The van der Waals surface area contributed by atoms with Gasteiger partial charge in [-0.3, -0.25) is 4.90 Å². The molecule has 1 aliphatic carbocycles. The summed E-state index contributed by atoms with van der Waals surface area (Å²) in [4.78, 5) is 2.76. The molecule has 0 bridgehead atoms. The maximum atomic E-state index is 5.43. The molecule has 118 valence electrons. The molecular weight excluding hydrogens is 248 g/mol. The highest BCUT2D eigenvalue weighted by atomic mass is 16.5. The SMILES string of the molecule is CC(C)CCN(CCNCC1CCOC1)C1CCCC1. The van der Waals surface area contributed by atoms with Crippen LogP contribution in [0.15, 0.2) is 0 Å². The Kier molecular flexibility index (Phi) is 7.32. The van der Waals surface area contributed by atoms with Gasteiger partial charge in [-0.1, -0.05) is 26.7 Å². The zero-order valence-electron chi connectivity index (χ0n) is 13.6. The molecule has 2 rings (SSSR count). The topological polar surface area (TPSA) is 24.5 Å². The number of hydrogen-bond donors (Lipinski definition) is 1. The lowest BCUT2D eigenvalue weighted by Crippen LogP contribution is -2.40. The molecule has 0 aromatic rings. The van der Waals surface area contributed by atoms with Gasteiger partial charge in [0.15, 0.2) is 0 Å². The summed E-state index contributed by atoms with van der Waals surface area (Å²) in [7, 11) is 0. The van der Waals surface area contributed by atoms with E-state index < -0.39 is 0 Å². The predicted octanol–water partition coefficient (Wildman–Crippen LogP) is 2.90. The zero-order valence-corrected chi connectivity index (χ0v) is 13.6. The van der Waals surface area contributed by atoms with E-state index in [0.717, 1.165) is 44.2 Å². The Hall–Kier alpha value is -0.120. The van der Waals surface area contributed by atoms with Crippen LogP contribution in [0, 0.1) is 11.8 Å². The van der Waals surface area contributed by atoms with Crippen molar-refractivity contribution in [2.75, 3.05) is 39.4 Å². The van der Waals surface area contributed by atoms with Gasteiger partial charge in [-0.25, -0.2) is 0 Å². The summed E-state index contributed by atoms with van der Waals surface area (Å²) < 4.78 is 5.43. The van der Waals surface area contributed by atoms with Gasteiger partial charge in [0.25, 0.3) is 0 Å². The normalized spacial score (nSPS) is 24.3. The van der Waals surface area contributed by atoms with Crippen molar-refractivity contribution in [2.45, 2.75) is 58.4 Å². The molecule has 3 nitrogen and oxygen atoms in total. The van der Waals surface area contributed by atoms with Gasteiger partial charge in [-0.2, -0.15) is 0 Å². The van der Waals surface area contributed by atoms with Crippen molar-refractivity contribution in [1.82, 2.24) is 10.2 Å². The molecule has 0 aromatic carbocycles. The number of hydrogen-bond acceptors (Lipinski definition) is 3. The van der Waals surface area contributed by atoms with Gasteiger partial charge in [0.2, 0.25) is 0 Å². The molecule has 3 heteroatoms. The molecule has 2 aliphatic rings. The van der Waals surface area contributed by atoms with Gasteiger partial charge in [-0.15, -0.1) is 0 Å². The van der Waals surface area contributed by atoms with Gasteiger partial charge >= 0.3 is 0 Å². The van der Waals surface area contributed by atoms with Gasteiger partial charge < -0.3 is 10.1 Å². The third kappa shape index (κ3) is 5.71. The summed E-state index contributed by atoms with van der Waals surface area (Å²) in [5, 5.41) is 3.65. The highest BCUT2D eigenvalue weighted by molar-refractivity contribution is 4.78. The highest BCUT2D eigenvalue weighted by Crippen LogP contribution is 2.23. The second-order valence-corrected chi connectivity index (χ2v) is 7.09. The fraction of sp³-hybridized carbons (Fsp3) is 1.00. The molecule has 0 spiro atoms. The van der Waals surface area contributed by atoms with Crippen molar-refractivity contribution in [3.8, 4) is 0 Å². The quantitative estimate of drug-likeness (QED) is 0.658. The van der Waals surface area contributed by atoms with Gasteiger partial charge in [0.05, 0.1) is 6.61 Å². The van der Waals surface area contributed by atoms with E-state index in [-0.39, 0.29) is 0 Å². The summed E-state index contributed by atoms with van der Waals surface area (Å²) in [6, 6.07) is 0.866. The monoisotopic (exact) mass is 282 g/mol. The fourth-order valence-electron chi connectivity index (χ4n) is 3.44. The molecule has 1 atom stereocenters. The number of nitrogens with zero attached hydrogens (tertiary/aromatic N) is 1. The standard InChI is InChI=1S/C17H34N2O/c1-15(2)7-10-19(17-5-3-4-6-17)11-9-18-13-16-8-12-20-14-16/h15-18H,3-14H2,1-2H3. The summed E-state index contributed by atoms with van der Waals surface area (Å²) in [6.45, 7) is 11.4. The van der Waals surface area contributed by atoms with E-state index in [1.54, 1.807) is 0 Å². The van der Waals surface area contributed by atoms with E-state index in [4.69, 9.17) is 4.74 Å². The first-order chi connectivity index (χ1) is 9.75. The molecular formula is C17H34N2O. The molecule has 1 aliphatic heterocycles. The van der Waals surface area contributed by atoms with Crippen LogP contribution < -0.4 is 5.32 Å². The molecule has 1 saturated carbocycles. The highest BCUT2D eigenvalue weighted by Gasteiger charge is 2.22. The Labute approximate surface area is 125 Å². The Balaban J connectivity index is 1.63. The minimum Gasteiger partial charge on any atom is -0.381 e. The van der Waals surface area contributed by atoms with E-state index in [9.17, 15) is 0 Å². The molecule has 1 heterocycles. The van der Waals surface area contributed by atoms with Crippen LogP contribution in [0.25, 0.3) is 0 Å². The number of nitrogens with one attached hydrogen (secondary N) is 1. The van der Waals surface area contributed by atoms with Crippen molar-refractivity contribution in [3.05, 3.63) is 0 Å². The van der Waals surface area contributed by atoms with Crippen molar-refractivity contribution < 1.29 is 4.74 Å². The summed E-state index contributed by atoms with van der Waals surface area (Å²) in [6.07, 6.45) is 8.31. The second-order valence-electron chi connectivity index (χ2n) is 7.09. The Morgan fingerprint density at radius 2 is 1.95 bits per heavy atom. The molecule has 1 unspecified atom stereocenters. The molecule has 0 aromatic heterocycles. The van der Waals surface area contributed by atoms with E-state index in [1.807, 2.05) is 0 Å². The van der Waals surface area contributed by atoms with Gasteiger partial charge in [0.1, 0.15) is 0 Å². The van der Waals surface area contributed by atoms with Crippen LogP contribution in [0.3, 0.4) is 0 Å². The van der Waals surface area contributed by atoms with Crippen LogP contribution in [-0.2, 0) is 4.74 Å². The van der Waals surface area contributed by atoms with Crippen molar-refractivity contribution >= 4 is 0 Å². The predicted molar refractivity (Wildman–Crippen MR) is 85.1 cm³/mol. The maximum Gasteiger partial charge on any atom is 0.0507 e. The van der Waals surface area contributed by atoms with E-state index in [1.165, 1.54) is 51.6 Å². The summed E-state index contributed by atoms with van der Waals surface area (Å²) in [5.41, 5.74) is 0. The molecule has 1 saturated heterocycles. The average molecular weight is 282 g/mol. The Morgan fingerprint density at radius 3 is 2.60 bits per heavy atom. The third-order valence-corrected chi connectivity index (χ3v) is 4.87. The van der Waals surface area contributed by atoms with Crippen LogP contribution in [0.4, 0.5) is 0 Å². The van der Waals surface area contributed by atoms with Crippen LogP contribution in [0.5, 0.6) is 0 Å². The molecule has 1 N–H and O–H groups in total. The zero-order chi connectivity index (χ0) is 14.2. The van der Waals surface area contributed by atoms with Crippen molar-refractivity contribution in [3.63, 3.8) is 0 Å². The maximum absolute atomic E-state index is 5.43. The minimum atomic E-state index is 0.755. The molecule has 0 radical (unpaired) electrons. The Morgan fingerprint density at radius 1 is 1.15 bits per heavy atom. The number of rotatable bonds is 9. The Bertz CT molecular complexity index is 245. The molecule has 2 fully saturated rings. The molecule has 0 amide bonds.